The predicted octanol–water partition coefficient (Wildman–Crippen LogP) is 3.65. The second kappa shape index (κ2) is 8.75. The Kier molecular flexibility index (Phi) is 6.69. The third-order valence-corrected chi connectivity index (χ3v) is 4.51. The molecule has 2 rings (SSSR count). The zero-order valence-corrected chi connectivity index (χ0v) is 14.8. The first-order valence-electron chi connectivity index (χ1n) is 8.60. The number of hydrogen-bond acceptors (Lipinski definition) is 3. The van der Waals surface area contributed by atoms with Gasteiger partial charge in [0.2, 0.25) is 0 Å². The Hall–Kier alpha value is -1.99. The molecule has 24 heavy (non-hydrogen) atoms. The van der Waals surface area contributed by atoms with Crippen LogP contribution in [-0.2, 0) is 9.53 Å². The van der Waals surface area contributed by atoms with E-state index in [4.69, 9.17) is 15.9 Å². The molecule has 0 bridgehead atoms. The summed E-state index contributed by atoms with van der Waals surface area (Å²) in [6.07, 6.45) is 9.46. The van der Waals surface area contributed by atoms with Crippen LogP contribution < -0.4 is 9.64 Å². The van der Waals surface area contributed by atoms with Gasteiger partial charge in [0.15, 0.2) is 0 Å². The molecule has 130 valence electrons. The van der Waals surface area contributed by atoms with Gasteiger partial charge < -0.3 is 14.4 Å². The van der Waals surface area contributed by atoms with Crippen LogP contribution >= 0.6 is 0 Å². The Morgan fingerprint density at radius 2 is 2.08 bits per heavy atom. The van der Waals surface area contributed by atoms with Crippen LogP contribution in [0, 0.1) is 18.3 Å². The van der Waals surface area contributed by atoms with Crippen molar-refractivity contribution in [3.63, 3.8) is 0 Å². The molecule has 4 nitrogen and oxygen atoms in total. The number of anilines is 1. The lowest BCUT2D eigenvalue weighted by atomic mass is 9.88. The number of amides is 1. The predicted molar refractivity (Wildman–Crippen MR) is 96.1 cm³/mol. The normalized spacial score (nSPS) is 21.6. The molecule has 1 fully saturated rings. The fraction of sp³-hybridized carbons (Fsp3) is 0.550. The minimum atomic E-state index is -0.442. The van der Waals surface area contributed by atoms with E-state index in [0.717, 1.165) is 18.5 Å². The lowest BCUT2D eigenvalue weighted by Gasteiger charge is -2.30. The number of carbonyl (C=O) groups excluding carboxylic acids is 1. The van der Waals surface area contributed by atoms with Crippen LogP contribution in [0.5, 0.6) is 5.75 Å². The van der Waals surface area contributed by atoms with E-state index in [-0.39, 0.29) is 18.6 Å². The average Bonchev–Trinajstić information content (AvgIpc) is 2.59. The summed E-state index contributed by atoms with van der Waals surface area (Å²) in [4.78, 5) is 14.2. The van der Waals surface area contributed by atoms with Crippen molar-refractivity contribution < 1.29 is 14.3 Å². The lowest BCUT2D eigenvalue weighted by molar-refractivity contribution is -0.134. The summed E-state index contributed by atoms with van der Waals surface area (Å²) < 4.78 is 11.3. The van der Waals surface area contributed by atoms with E-state index in [1.165, 1.54) is 12.8 Å². The molecule has 0 aromatic heterocycles. The molecule has 0 heterocycles. The fourth-order valence-corrected chi connectivity index (χ4v) is 3.14. The molecule has 1 amide bonds. The number of nitrogens with zero attached hydrogens (tertiary/aromatic N) is 1. The van der Waals surface area contributed by atoms with Gasteiger partial charge in [-0.1, -0.05) is 25.7 Å². The summed E-state index contributed by atoms with van der Waals surface area (Å²) in [5.74, 6) is 3.76. The van der Waals surface area contributed by atoms with Crippen LogP contribution in [0.15, 0.2) is 24.3 Å². The van der Waals surface area contributed by atoms with Crippen molar-refractivity contribution in [3.05, 3.63) is 24.3 Å². The Balaban J connectivity index is 1.91. The van der Waals surface area contributed by atoms with Crippen molar-refractivity contribution >= 4 is 11.6 Å². The number of terminal acetylenes is 1. The summed E-state index contributed by atoms with van der Waals surface area (Å²) >= 11 is 0. The molecular formula is C20H27NO3. The topological polar surface area (TPSA) is 38.8 Å². The van der Waals surface area contributed by atoms with Gasteiger partial charge in [0, 0.05) is 12.7 Å². The zero-order valence-electron chi connectivity index (χ0n) is 14.8. The van der Waals surface area contributed by atoms with Crippen LogP contribution in [0.3, 0.4) is 0 Å². The SMILES string of the molecule is C#CCOc1ccc(N(C)C(=O)C(C)OC2CCCC(C)C2)cc1. The number of ether oxygens (including phenoxy) is 2. The minimum absolute atomic E-state index is 0.0366. The number of hydrogen-bond donors (Lipinski definition) is 0. The van der Waals surface area contributed by atoms with Gasteiger partial charge in [-0.15, -0.1) is 6.42 Å². The minimum Gasteiger partial charge on any atom is -0.481 e. The largest absolute Gasteiger partial charge is 0.481 e. The van der Waals surface area contributed by atoms with Crippen molar-refractivity contribution in [1.29, 1.82) is 0 Å². The molecule has 3 atom stereocenters. The highest BCUT2D eigenvalue weighted by Crippen LogP contribution is 2.27. The number of rotatable bonds is 6. The summed E-state index contributed by atoms with van der Waals surface area (Å²) in [5.41, 5.74) is 0.806. The first kappa shape index (κ1) is 18.4. The van der Waals surface area contributed by atoms with Crippen molar-refractivity contribution in [3.8, 4) is 18.1 Å². The van der Waals surface area contributed by atoms with Crippen LogP contribution in [0.25, 0.3) is 0 Å². The summed E-state index contributed by atoms with van der Waals surface area (Å²) in [5, 5.41) is 0. The van der Waals surface area contributed by atoms with E-state index >= 15 is 0 Å². The zero-order chi connectivity index (χ0) is 17.5. The lowest BCUT2D eigenvalue weighted by Crippen LogP contribution is -2.39. The average molecular weight is 329 g/mol. The van der Waals surface area contributed by atoms with E-state index < -0.39 is 6.10 Å². The Morgan fingerprint density at radius 3 is 2.71 bits per heavy atom. The fourth-order valence-electron chi connectivity index (χ4n) is 3.14. The monoisotopic (exact) mass is 329 g/mol. The third kappa shape index (κ3) is 5.01. The maximum Gasteiger partial charge on any atom is 0.255 e. The molecule has 1 saturated carbocycles. The Bertz CT molecular complexity index is 576. The second-order valence-electron chi connectivity index (χ2n) is 6.56. The van der Waals surface area contributed by atoms with Crippen molar-refractivity contribution in [1.82, 2.24) is 0 Å². The van der Waals surface area contributed by atoms with E-state index in [2.05, 4.69) is 12.8 Å². The van der Waals surface area contributed by atoms with Crippen LogP contribution in [0.1, 0.15) is 39.5 Å². The van der Waals surface area contributed by atoms with E-state index in [9.17, 15) is 4.79 Å². The molecular weight excluding hydrogens is 302 g/mol. The maximum atomic E-state index is 12.6. The number of likely N-dealkylation sites (N-methyl/N-ethyl adjacent to an activating group) is 1. The Morgan fingerprint density at radius 1 is 1.38 bits per heavy atom. The summed E-state index contributed by atoms with van der Waals surface area (Å²) in [7, 11) is 1.77. The molecule has 3 unspecified atom stereocenters. The van der Waals surface area contributed by atoms with E-state index in [0.29, 0.717) is 11.7 Å². The van der Waals surface area contributed by atoms with Crippen LogP contribution in [0.2, 0.25) is 0 Å². The van der Waals surface area contributed by atoms with Crippen molar-refractivity contribution in [2.75, 3.05) is 18.6 Å². The second-order valence-corrected chi connectivity index (χ2v) is 6.56. The van der Waals surface area contributed by atoms with Crippen molar-refractivity contribution in [2.45, 2.75) is 51.7 Å². The number of carbonyl (C=O) groups is 1. The van der Waals surface area contributed by atoms with Gasteiger partial charge in [0.1, 0.15) is 18.5 Å². The summed E-state index contributed by atoms with van der Waals surface area (Å²) in [6.45, 7) is 4.32. The highest BCUT2D eigenvalue weighted by atomic mass is 16.5. The molecule has 4 heteroatoms. The van der Waals surface area contributed by atoms with E-state index in [1.807, 2.05) is 31.2 Å². The molecule has 0 N–H and O–H groups in total. The maximum absolute atomic E-state index is 12.6. The highest BCUT2D eigenvalue weighted by molar-refractivity contribution is 5.95. The van der Waals surface area contributed by atoms with Gasteiger partial charge in [0.25, 0.3) is 5.91 Å². The van der Waals surface area contributed by atoms with Crippen molar-refractivity contribution in [2.24, 2.45) is 5.92 Å². The smallest absolute Gasteiger partial charge is 0.255 e. The standard InChI is InChI=1S/C20H27NO3/c1-5-13-23-18-11-9-17(10-12-18)21(4)20(22)16(3)24-19-8-6-7-15(2)14-19/h1,9-12,15-16,19H,6-8,13-14H2,2-4H3. The molecule has 1 aromatic carbocycles. The quantitative estimate of drug-likeness (QED) is 0.748. The van der Waals surface area contributed by atoms with Gasteiger partial charge in [-0.25, -0.2) is 0 Å². The van der Waals surface area contributed by atoms with Crippen LogP contribution in [-0.4, -0.2) is 31.8 Å². The van der Waals surface area contributed by atoms with E-state index in [1.54, 1.807) is 11.9 Å². The van der Waals surface area contributed by atoms with Gasteiger partial charge in [-0.05, 0) is 49.9 Å². The first-order chi connectivity index (χ1) is 11.5. The molecule has 1 aliphatic carbocycles. The third-order valence-electron chi connectivity index (χ3n) is 4.51. The van der Waals surface area contributed by atoms with Gasteiger partial charge in [-0.2, -0.15) is 0 Å². The molecule has 0 radical (unpaired) electrons. The highest BCUT2D eigenvalue weighted by Gasteiger charge is 2.26. The summed E-state index contributed by atoms with van der Waals surface area (Å²) in [6, 6.07) is 7.31. The molecule has 0 saturated heterocycles. The molecule has 0 spiro atoms. The molecule has 1 aliphatic rings. The number of benzene rings is 1. The van der Waals surface area contributed by atoms with Gasteiger partial charge in [-0.3, -0.25) is 4.79 Å². The Labute approximate surface area is 145 Å². The van der Waals surface area contributed by atoms with Gasteiger partial charge in [0.05, 0.1) is 6.10 Å². The van der Waals surface area contributed by atoms with Crippen LogP contribution in [0.4, 0.5) is 5.69 Å². The molecule has 1 aromatic rings. The molecule has 0 aliphatic heterocycles. The first-order valence-corrected chi connectivity index (χ1v) is 8.60. The van der Waals surface area contributed by atoms with Gasteiger partial charge >= 0.3 is 0 Å².